The lowest BCUT2D eigenvalue weighted by Crippen LogP contribution is -2.57. The molecular formula is C21H32N4O2. The molecule has 1 unspecified atom stereocenters. The zero-order valence-corrected chi connectivity index (χ0v) is 16.5. The molecule has 6 heteroatoms. The third-order valence-electron chi connectivity index (χ3n) is 5.82. The number of benzene rings is 1. The van der Waals surface area contributed by atoms with Crippen molar-refractivity contribution in [3.8, 4) is 0 Å². The molecule has 0 radical (unpaired) electrons. The van der Waals surface area contributed by atoms with Crippen molar-refractivity contribution in [2.45, 2.75) is 64.2 Å². The molecule has 1 saturated heterocycles. The van der Waals surface area contributed by atoms with Crippen LogP contribution < -0.4 is 11.1 Å². The van der Waals surface area contributed by atoms with Crippen LogP contribution in [0.2, 0.25) is 0 Å². The molecule has 27 heavy (non-hydrogen) atoms. The van der Waals surface area contributed by atoms with Gasteiger partial charge in [0.1, 0.15) is 6.04 Å². The van der Waals surface area contributed by atoms with Crippen LogP contribution in [0.4, 0.5) is 0 Å². The minimum atomic E-state index is -0.397. The number of rotatable bonds is 7. The predicted octanol–water partition coefficient (Wildman–Crippen LogP) is 1.41. The molecule has 6 nitrogen and oxygen atoms in total. The van der Waals surface area contributed by atoms with Gasteiger partial charge in [-0.1, -0.05) is 24.3 Å². The van der Waals surface area contributed by atoms with Gasteiger partial charge in [-0.25, -0.2) is 0 Å². The van der Waals surface area contributed by atoms with Gasteiger partial charge in [-0.15, -0.1) is 0 Å². The number of likely N-dealkylation sites (tertiary alicyclic amines) is 1. The highest BCUT2D eigenvalue weighted by Crippen LogP contribution is 2.35. The van der Waals surface area contributed by atoms with Gasteiger partial charge in [-0.05, 0) is 43.7 Å². The molecule has 148 valence electrons. The van der Waals surface area contributed by atoms with Gasteiger partial charge in [0.2, 0.25) is 11.8 Å². The minimum absolute atomic E-state index is 0.0294. The number of hydrogen-bond acceptors (Lipinski definition) is 4. The number of amides is 2. The molecular weight excluding hydrogens is 340 g/mol. The van der Waals surface area contributed by atoms with Gasteiger partial charge in [0.05, 0.1) is 0 Å². The van der Waals surface area contributed by atoms with E-state index in [1.165, 1.54) is 24.0 Å². The molecule has 0 spiro atoms. The number of hydrogen-bond donors (Lipinski definition) is 2. The molecule has 1 aliphatic carbocycles. The molecule has 2 fully saturated rings. The average molecular weight is 373 g/mol. The zero-order valence-electron chi connectivity index (χ0n) is 16.5. The lowest BCUT2D eigenvalue weighted by Gasteiger charge is -2.43. The van der Waals surface area contributed by atoms with E-state index in [0.717, 1.165) is 13.0 Å². The molecule has 1 saturated carbocycles. The van der Waals surface area contributed by atoms with Gasteiger partial charge in [0.25, 0.3) is 0 Å². The fraction of sp³-hybridized carbons (Fsp3) is 0.619. The molecule has 1 aliphatic heterocycles. The van der Waals surface area contributed by atoms with Crippen molar-refractivity contribution in [1.29, 1.82) is 0 Å². The Hall–Kier alpha value is -1.92. The Morgan fingerprint density at radius 2 is 1.96 bits per heavy atom. The summed E-state index contributed by atoms with van der Waals surface area (Å²) in [5.41, 5.74) is 8.18. The van der Waals surface area contributed by atoms with Crippen molar-refractivity contribution >= 4 is 11.8 Å². The van der Waals surface area contributed by atoms with E-state index in [4.69, 9.17) is 5.73 Å². The van der Waals surface area contributed by atoms with Crippen molar-refractivity contribution in [2.24, 2.45) is 5.73 Å². The number of carbonyl (C=O) groups excluding carboxylic acids is 2. The summed E-state index contributed by atoms with van der Waals surface area (Å²) in [4.78, 5) is 29.0. The number of nitrogens with two attached hydrogens (primary N) is 1. The lowest BCUT2D eigenvalue weighted by molar-refractivity contribution is -0.142. The molecule has 0 aromatic heterocycles. The number of nitrogens with one attached hydrogen (secondary N) is 1. The molecule has 1 aromatic rings. The summed E-state index contributed by atoms with van der Waals surface area (Å²) >= 11 is 0. The van der Waals surface area contributed by atoms with Crippen LogP contribution in [0.1, 0.15) is 43.7 Å². The van der Waals surface area contributed by atoms with E-state index in [-0.39, 0.29) is 11.8 Å². The van der Waals surface area contributed by atoms with Crippen LogP contribution in [0.3, 0.4) is 0 Å². The molecule has 3 N–H and O–H groups in total. The Morgan fingerprint density at radius 1 is 1.22 bits per heavy atom. The zero-order chi connectivity index (χ0) is 19.4. The maximum atomic E-state index is 12.7. The second-order valence-electron chi connectivity index (χ2n) is 7.82. The lowest BCUT2D eigenvalue weighted by atomic mass is 9.94. The highest BCUT2D eigenvalue weighted by atomic mass is 16.2. The molecule has 2 aliphatic rings. The van der Waals surface area contributed by atoms with Crippen molar-refractivity contribution in [3.63, 3.8) is 0 Å². The molecule has 3 rings (SSSR count). The summed E-state index contributed by atoms with van der Waals surface area (Å²) in [7, 11) is 0. The van der Waals surface area contributed by atoms with Gasteiger partial charge >= 0.3 is 0 Å². The average Bonchev–Trinajstić information content (AvgIpc) is 3.50. The minimum Gasteiger partial charge on any atom is -0.353 e. The number of aryl methyl sites for hydroxylation is 1. The topological polar surface area (TPSA) is 78.7 Å². The van der Waals surface area contributed by atoms with E-state index in [0.29, 0.717) is 38.1 Å². The highest BCUT2D eigenvalue weighted by Gasteiger charge is 2.41. The van der Waals surface area contributed by atoms with Gasteiger partial charge in [0.15, 0.2) is 0 Å². The first-order valence-electron chi connectivity index (χ1n) is 10.1. The third kappa shape index (κ3) is 4.87. The van der Waals surface area contributed by atoms with E-state index >= 15 is 0 Å². The Morgan fingerprint density at radius 3 is 2.59 bits per heavy atom. The molecule has 1 aromatic carbocycles. The van der Waals surface area contributed by atoms with Crippen molar-refractivity contribution in [2.75, 3.05) is 19.6 Å². The first-order chi connectivity index (χ1) is 13.0. The quantitative estimate of drug-likeness (QED) is 0.759. The van der Waals surface area contributed by atoms with Crippen LogP contribution >= 0.6 is 0 Å². The Balaban J connectivity index is 1.74. The van der Waals surface area contributed by atoms with Crippen molar-refractivity contribution in [3.05, 3.63) is 35.4 Å². The molecule has 0 bridgehead atoms. The largest absolute Gasteiger partial charge is 0.353 e. The second-order valence-corrected chi connectivity index (χ2v) is 7.82. The van der Waals surface area contributed by atoms with E-state index in [9.17, 15) is 9.59 Å². The van der Waals surface area contributed by atoms with Gasteiger partial charge in [0, 0.05) is 45.2 Å². The van der Waals surface area contributed by atoms with Gasteiger partial charge in [-0.2, -0.15) is 0 Å². The van der Waals surface area contributed by atoms with E-state index < -0.39 is 6.04 Å². The van der Waals surface area contributed by atoms with Gasteiger partial charge < -0.3 is 16.0 Å². The third-order valence-corrected chi connectivity index (χ3v) is 5.82. The molecule has 2 atom stereocenters. The molecule has 2 amide bonds. The van der Waals surface area contributed by atoms with Crippen molar-refractivity contribution in [1.82, 2.24) is 15.1 Å². The molecule has 1 heterocycles. The summed E-state index contributed by atoms with van der Waals surface area (Å²) in [5.74, 6) is -0.106. The standard InChI is InChI=1S/C21H32N4O2/c1-15-5-3-4-6-17(15)14-25(18-7-8-18)19-9-12-24(16(2)26)20(13-19)21(27)23-11-10-22/h3-6,18-20H,7-14,22H2,1-2H3,(H,23,27)/t19?,20-/m1/s1. The summed E-state index contributed by atoms with van der Waals surface area (Å²) in [6.45, 7) is 6.11. The fourth-order valence-corrected chi connectivity index (χ4v) is 4.13. The van der Waals surface area contributed by atoms with E-state index in [1.807, 2.05) is 0 Å². The second kappa shape index (κ2) is 8.85. The maximum absolute atomic E-state index is 12.7. The summed E-state index contributed by atoms with van der Waals surface area (Å²) in [6, 6.07) is 9.04. The number of carbonyl (C=O) groups is 2. The van der Waals surface area contributed by atoms with Crippen LogP contribution in [0.15, 0.2) is 24.3 Å². The van der Waals surface area contributed by atoms with Crippen LogP contribution in [-0.4, -0.2) is 59.4 Å². The number of nitrogens with zero attached hydrogens (tertiary/aromatic N) is 2. The van der Waals surface area contributed by atoms with Crippen molar-refractivity contribution < 1.29 is 9.59 Å². The first-order valence-corrected chi connectivity index (χ1v) is 10.1. The number of piperidine rings is 1. The Labute approximate surface area is 162 Å². The summed E-state index contributed by atoms with van der Waals surface area (Å²) in [6.07, 6.45) is 4.06. The van der Waals surface area contributed by atoms with E-state index in [1.54, 1.807) is 11.8 Å². The Kier molecular flexibility index (Phi) is 6.50. The highest BCUT2D eigenvalue weighted by molar-refractivity contribution is 5.87. The monoisotopic (exact) mass is 372 g/mol. The van der Waals surface area contributed by atoms with Crippen LogP contribution in [0.5, 0.6) is 0 Å². The predicted molar refractivity (Wildman–Crippen MR) is 106 cm³/mol. The normalized spacial score (nSPS) is 22.7. The van der Waals surface area contributed by atoms with Crippen LogP contribution in [0, 0.1) is 6.92 Å². The maximum Gasteiger partial charge on any atom is 0.242 e. The first kappa shape index (κ1) is 19.8. The van der Waals surface area contributed by atoms with Crippen LogP contribution in [0.25, 0.3) is 0 Å². The fourth-order valence-electron chi connectivity index (χ4n) is 4.13. The van der Waals surface area contributed by atoms with E-state index in [2.05, 4.69) is 41.4 Å². The smallest absolute Gasteiger partial charge is 0.242 e. The SMILES string of the molecule is CC(=O)N1CCC(N(Cc2ccccc2C)C2CC2)C[C@@H]1C(=O)NCCN. The summed E-state index contributed by atoms with van der Waals surface area (Å²) in [5, 5.41) is 2.87. The van der Waals surface area contributed by atoms with Crippen LogP contribution in [-0.2, 0) is 16.1 Å². The Bertz CT molecular complexity index is 674. The van der Waals surface area contributed by atoms with Gasteiger partial charge in [-0.3, -0.25) is 14.5 Å². The summed E-state index contributed by atoms with van der Waals surface area (Å²) < 4.78 is 0.